The highest BCUT2D eigenvalue weighted by Gasteiger charge is 2.26. The van der Waals surface area contributed by atoms with Crippen molar-refractivity contribution < 1.29 is 0 Å². The van der Waals surface area contributed by atoms with Crippen LogP contribution in [0, 0.1) is 0 Å². The number of hydrogen-bond donors (Lipinski definition) is 1. The van der Waals surface area contributed by atoms with Gasteiger partial charge < -0.3 is 5.32 Å². The van der Waals surface area contributed by atoms with Crippen LogP contribution < -0.4 is 5.32 Å². The molecule has 1 aliphatic rings. The number of piperazine rings is 1. The SMILES string of the molecule is CC1(C)CN(Cc2cn(-c3ccccc3)nc2-c2cccnc2)CCN1. The summed E-state index contributed by atoms with van der Waals surface area (Å²) in [5, 5.41) is 8.47. The quantitative estimate of drug-likeness (QED) is 0.788. The Kier molecular flexibility index (Phi) is 4.57. The average Bonchev–Trinajstić information content (AvgIpc) is 3.06. The first-order valence-corrected chi connectivity index (χ1v) is 9.12. The van der Waals surface area contributed by atoms with E-state index in [0.717, 1.165) is 43.1 Å². The molecule has 0 radical (unpaired) electrons. The summed E-state index contributed by atoms with van der Waals surface area (Å²) in [6.45, 7) is 8.50. The number of nitrogens with zero attached hydrogens (tertiary/aromatic N) is 4. The van der Waals surface area contributed by atoms with Gasteiger partial charge in [-0.1, -0.05) is 18.2 Å². The van der Waals surface area contributed by atoms with E-state index in [-0.39, 0.29) is 5.54 Å². The normalized spacial score (nSPS) is 17.3. The minimum atomic E-state index is 0.141. The Hall–Kier alpha value is -2.50. The molecule has 4 rings (SSSR count). The van der Waals surface area contributed by atoms with Gasteiger partial charge in [-0.05, 0) is 38.1 Å². The van der Waals surface area contributed by atoms with Gasteiger partial charge in [0.1, 0.15) is 0 Å². The fraction of sp³-hybridized carbons (Fsp3) is 0.333. The fourth-order valence-corrected chi connectivity index (χ4v) is 3.61. The van der Waals surface area contributed by atoms with E-state index in [1.54, 1.807) is 6.20 Å². The second-order valence-corrected chi connectivity index (χ2v) is 7.55. The molecule has 134 valence electrons. The maximum atomic E-state index is 4.89. The first kappa shape index (κ1) is 16.9. The first-order valence-electron chi connectivity index (χ1n) is 9.12. The Morgan fingerprint density at radius 2 is 1.96 bits per heavy atom. The largest absolute Gasteiger partial charge is 0.309 e. The van der Waals surface area contributed by atoms with Crippen molar-refractivity contribution in [1.29, 1.82) is 0 Å². The van der Waals surface area contributed by atoms with Crippen LogP contribution in [0.3, 0.4) is 0 Å². The van der Waals surface area contributed by atoms with Gasteiger partial charge in [0.15, 0.2) is 0 Å². The summed E-state index contributed by atoms with van der Waals surface area (Å²) >= 11 is 0. The predicted molar refractivity (Wildman–Crippen MR) is 104 cm³/mol. The Labute approximate surface area is 154 Å². The van der Waals surface area contributed by atoms with Gasteiger partial charge in [-0.3, -0.25) is 9.88 Å². The van der Waals surface area contributed by atoms with Gasteiger partial charge in [-0.2, -0.15) is 5.10 Å². The number of pyridine rings is 1. The van der Waals surface area contributed by atoms with Crippen molar-refractivity contribution >= 4 is 0 Å². The molecule has 5 heteroatoms. The summed E-state index contributed by atoms with van der Waals surface area (Å²) < 4.78 is 1.98. The summed E-state index contributed by atoms with van der Waals surface area (Å²) in [7, 11) is 0. The first-order chi connectivity index (χ1) is 12.6. The lowest BCUT2D eigenvalue weighted by atomic mass is 10.0. The Morgan fingerprint density at radius 3 is 2.69 bits per heavy atom. The van der Waals surface area contributed by atoms with Gasteiger partial charge in [0.2, 0.25) is 0 Å². The molecule has 0 unspecified atom stereocenters. The lowest BCUT2D eigenvalue weighted by molar-refractivity contribution is 0.148. The molecule has 1 aromatic carbocycles. The number of benzene rings is 1. The third-order valence-electron chi connectivity index (χ3n) is 4.79. The van der Waals surface area contributed by atoms with E-state index in [1.807, 2.05) is 35.1 Å². The molecule has 0 bridgehead atoms. The lowest BCUT2D eigenvalue weighted by Gasteiger charge is -2.39. The maximum absolute atomic E-state index is 4.89. The van der Waals surface area contributed by atoms with Crippen LogP contribution >= 0.6 is 0 Å². The van der Waals surface area contributed by atoms with Gasteiger partial charge in [-0.15, -0.1) is 0 Å². The van der Waals surface area contributed by atoms with Gasteiger partial charge in [0.05, 0.1) is 11.4 Å². The third-order valence-corrected chi connectivity index (χ3v) is 4.79. The van der Waals surface area contributed by atoms with Gasteiger partial charge in [-0.25, -0.2) is 4.68 Å². The molecule has 0 aliphatic carbocycles. The Morgan fingerprint density at radius 1 is 1.12 bits per heavy atom. The molecule has 26 heavy (non-hydrogen) atoms. The zero-order chi connectivity index (χ0) is 18.0. The van der Waals surface area contributed by atoms with Crippen LogP contribution in [-0.2, 0) is 6.54 Å². The van der Waals surface area contributed by atoms with E-state index in [4.69, 9.17) is 5.10 Å². The standard InChI is InChI=1S/C21H25N5/c1-21(2)16-25(12-11-23-21)14-18-15-26(19-8-4-3-5-9-19)24-20(18)17-7-6-10-22-13-17/h3-10,13,15,23H,11-12,14,16H2,1-2H3. The molecule has 0 saturated carbocycles. The van der Waals surface area contributed by atoms with E-state index >= 15 is 0 Å². The molecule has 0 spiro atoms. The molecular formula is C21H25N5. The van der Waals surface area contributed by atoms with Crippen LogP contribution in [-0.4, -0.2) is 44.8 Å². The highest BCUT2D eigenvalue weighted by Crippen LogP contribution is 2.25. The van der Waals surface area contributed by atoms with Crippen LogP contribution in [0.25, 0.3) is 16.9 Å². The minimum absolute atomic E-state index is 0.141. The zero-order valence-electron chi connectivity index (χ0n) is 15.4. The van der Waals surface area contributed by atoms with Crippen molar-refractivity contribution in [2.24, 2.45) is 0 Å². The molecule has 5 nitrogen and oxygen atoms in total. The average molecular weight is 347 g/mol. The monoisotopic (exact) mass is 347 g/mol. The second-order valence-electron chi connectivity index (χ2n) is 7.55. The number of rotatable bonds is 4. The number of hydrogen-bond acceptors (Lipinski definition) is 4. The van der Waals surface area contributed by atoms with Crippen molar-refractivity contribution in [3.63, 3.8) is 0 Å². The molecule has 0 atom stereocenters. The molecule has 1 fully saturated rings. The van der Waals surface area contributed by atoms with Gasteiger partial charge in [0.25, 0.3) is 0 Å². The molecule has 2 aromatic heterocycles. The number of nitrogens with one attached hydrogen (secondary N) is 1. The number of para-hydroxylation sites is 1. The summed E-state index contributed by atoms with van der Waals surface area (Å²) in [5.41, 5.74) is 4.52. The maximum Gasteiger partial charge on any atom is 0.0988 e. The minimum Gasteiger partial charge on any atom is -0.309 e. The highest BCUT2D eigenvalue weighted by atomic mass is 15.3. The predicted octanol–water partition coefficient (Wildman–Crippen LogP) is 3.12. The summed E-state index contributed by atoms with van der Waals surface area (Å²) in [5.74, 6) is 0. The summed E-state index contributed by atoms with van der Waals surface area (Å²) in [6, 6.07) is 14.3. The van der Waals surface area contributed by atoms with E-state index in [1.165, 1.54) is 5.56 Å². The van der Waals surface area contributed by atoms with Crippen molar-refractivity contribution in [3.8, 4) is 16.9 Å². The van der Waals surface area contributed by atoms with Crippen molar-refractivity contribution in [2.45, 2.75) is 25.9 Å². The van der Waals surface area contributed by atoms with Crippen molar-refractivity contribution in [2.75, 3.05) is 19.6 Å². The smallest absolute Gasteiger partial charge is 0.0988 e. The van der Waals surface area contributed by atoms with E-state index in [9.17, 15) is 0 Å². The van der Waals surface area contributed by atoms with Gasteiger partial charge in [0, 0.05) is 61.4 Å². The van der Waals surface area contributed by atoms with Crippen LogP contribution in [0.5, 0.6) is 0 Å². The molecule has 1 N–H and O–H groups in total. The second kappa shape index (κ2) is 7.02. The van der Waals surface area contributed by atoms with Crippen LogP contribution in [0.2, 0.25) is 0 Å². The van der Waals surface area contributed by atoms with Gasteiger partial charge >= 0.3 is 0 Å². The van der Waals surface area contributed by atoms with Crippen molar-refractivity contribution in [3.05, 3.63) is 66.6 Å². The topological polar surface area (TPSA) is 46.0 Å². The summed E-state index contributed by atoms with van der Waals surface area (Å²) in [6.07, 6.45) is 5.85. The fourth-order valence-electron chi connectivity index (χ4n) is 3.61. The van der Waals surface area contributed by atoms with Crippen LogP contribution in [0.4, 0.5) is 0 Å². The highest BCUT2D eigenvalue weighted by molar-refractivity contribution is 5.62. The van der Waals surface area contributed by atoms with E-state index < -0.39 is 0 Å². The molecule has 3 aromatic rings. The Balaban J connectivity index is 1.69. The van der Waals surface area contributed by atoms with Crippen LogP contribution in [0.1, 0.15) is 19.4 Å². The molecule has 0 amide bonds. The molecular weight excluding hydrogens is 322 g/mol. The van der Waals surface area contributed by atoms with E-state index in [0.29, 0.717) is 0 Å². The lowest BCUT2D eigenvalue weighted by Crippen LogP contribution is -2.56. The third kappa shape index (κ3) is 3.69. The van der Waals surface area contributed by atoms with Crippen molar-refractivity contribution in [1.82, 2.24) is 25.0 Å². The molecule has 1 saturated heterocycles. The molecule has 3 heterocycles. The molecule has 1 aliphatic heterocycles. The zero-order valence-corrected chi connectivity index (χ0v) is 15.4. The van der Waals surface area contributed by atoms with E-state index in [2.05, 4.69) is 53.4 Å². The van der Waals surface area contributed by atoms with Crippen LogP contribution in [0.15, 0.2) is 61.1 Å². The number of aromatic nitrogens is 3. The Bertz CT molecular complexity index is 855. The summed E-state index contributed by atoms with van der Waals surface area (Å²) in [4.78, 5) is 6.78.